The Morgan fingerprint density at radius 2 is 1.96 bits per heavy atom. The van der Waals surface area contributed by atoms with Crippen LogP contribution in [-0.2, 0) is 11.3 Å². The van der Waals surface area contributed by atoms with Crippen molar-refractivity contribution in [1.29, 1.82) is 0 Å². The van der Waals surface area contributed by atoms with Crippen LogP contribution in [0.4, 0.5) is 5.69 Å². The molecule has 7 heteroatoms. The van der Waals surface area contributed by atoms with Crippen molar-refractivity contribution >= 4 is 29.7 Å². The van der Waals surface area contributed by atoms with E-state index < -0.39 is 0 Å². The summed E-state index contributed by atoms with van der Waals surface area (Å²) < 4.78 is 2.16. The molecule has 0 spiro atoms. The number of para-hydroxylation sites is 1. The third-order valence-electron chi connectivity index (χ3n) is 4.75. The number of hydrogen-bond donors (Lipinski definition) is 2. The Kier molecular flexibility index (Phi) is 5.08. The molecule has 6 nitrogen and oxygen atoms in total. The van der Waals surface area contributed by atoms with Gasteiger partial charge in [-0.1, -0.05) is 30.3 Å². The highest BCUT2D eigenvalue weighted by molar-refractivity contribution is 7.71. The molecule has 0 atom stereocenters. The predicted molar refractivity (Wildman–Crippen MR) is 110 cm³/mol. The van der Waals surface area contributed by atoms with Crippen LogP contribution in [0.25, 0.3) is 5.69 Å². The molecule has 142 valence electrons. The van der Waals surface area contributed by atoms with Crippen molar-refractivity contribution in [2.24, 2.45) is 0 Å². The molecule has 1 saturated heterocycles. The minimum Gasteiger partial charge on any atom is -0.338 e. The lowest BCUT2D eigenvalue weighted by atomic mass is 10.2. The minimum absolute atomic E-state index is 0.184. The average molecular weight is 392 g/mol. The lowest BCUT2D eigenvalue weighted by Gasteiger charge is -2.16. The zero-order valence-electron chi connectivity index (χ0n) is 15.2. The topological polar surface area (TPSA) is 70.1 Å². The van der Waals surface area contributed by atoms with E-state index in [4.69, 9.17) is 12.2 Å². The summed E-state index contributed by atoms with van der Waals surface area (Å²) >= 11 is 5.34. The summed E-state index contributed by atoms with van der Waals surface area (Å²) in [4.78, 5) is 29.5. The molecular formula is C21H20N4O2S. The molecule has 3 aromatic rings. The van der Waals surface area contributed by atoms with E-state index in [0.717, 1.165) is 24.2 Å². The summed E-state index contributed by atoms with van der Waals surface area (Å²) in [6, 6.07) is 17.1. The van der Waals surface area contributed by atoms with Gasteiger partial charge in [-0.2, -0.15) is 0 Å². The average Bonchev–Trinajstić information content (AvgIpc) is 3.28. The van der Waals surface area contributed by atoms with Crippen LogP contribution in [0.15, 0.2) is 60.8 Å². The number of imidazole rings is 1. The highest BCUT2D eigenvalue weighted by Crippen LogP contribution is 2.19. The summed E-state index contributed by atoms with van der Waals surface area (Å²) in [6.07, 6.45) is 3.13. The Morgan fingerprint density at radius 1 is 1.14 bits per heavy atom. The number of carbonyl (C=O) groups is 2. The Labute approximate surface area is 167 Å². The van der Waals surface area contributed by atoms with Gasteiger partial charge < -0.3 is 15.2 Å². The van der Waals surface area contributed by atoms with E-state index in [2.05, 4.69) is 10.3 Å². The molecule has 2 N–H and O–H groups in total. The second-order valence-corrected chi connectivity index (χ2v) is 7.11. The predicted octanol–water partition coefficient (Wildman–Crippen LogP) is 3.91. The van der Waals surface area contributed by atoms with Gasteiger partial charge in [0.2, 0.25) is 5.91 Å². The number of H-pyrrole nitrogens is 1. The number of hydrogen-bond acceptors (Lipinski definition) is 3. The number of aromatic nitrogens is 2. The molecule has 0 bridgehead atoms. The monoisotopic (exact) mass is 392 g/mol. The smallest absolute Gasteiger partial charge is 0.274 e. The number of nitrogens with zero attached hydrogens (tertiary/aromatic N) is 2. The van der Waals surface area contributed by atoms with Crippen LogP contribution in [-0.4, -0.2) is 32.8 Å². The van der Waals surface area contributed by atoms with E-state index in [1.807, 2.05) is 59.5 Å². The second kappa shape index (κ2) is 7.82. The maximum absolute atomic E-state index is 12.9. The molecule has 28 heavy (non-hydrogen) atoms. The molecule has 1 aromatic heterocycles. The molecule has 0 aliphatic carbocycles. The highest BCUT2D eigenvalue weighted by Gasteiger charge is 2.20. The number of likely N-dealkylation sites (tertiary alicyclic amines) is 1. The standard InChI is InChI=1S/C21H20N4O2S/c26-19-10-5-11-24(19)14-15-6-4-7-16(12-15)23-20(27)18-13-22-21(28)25(18)17-8-2-1-3-9-17/h1-4,6-9,12-13H,5,10-11,14H2,(H,22,28)(H,23,27). The van der Waals surface area contributed by atoms with Gasteiger partial charge in [-0.15, -0.1) is 0 Å². The van der Waals surface area contributed by atoms with Crippen LogP contribution in [0, 0.1) is 4.77 Å². The SMILES string of the molecule is O=C(Nc1cccc(CN2CCCC2=O)c1)c1c[nH]c(=S)n1-c1ccccc1. The maximum atomic E-state index is 12.9. The summed E-state index contributed by atoms with van der Waals surface area (Å²) in [5.41, 5.74) is 2.92. The Hall–Kier alpha value is -3.19. The normalized spacial score (nSPS) is 13.7. The third-order valence-corrected chi connectivity index (χ3v) is 5.05. The zero-order valence-corrected chi connectivity index (χ0v) is 16.0. The van der Waals surface area contributed by atoms with E-state index >= 15 is 0 Å². The number of nitrogens with one attached hydrogen (secondary N) is 2. The molecule has 0 saturated carbocycles. The van der Waals surface area contributed by atoms with Crippen molar-refractivity contribution in [1.82, 2.24) is 14.5 Å². The summed E-state index contributed by atoms with van der Waals surface area (Å²) in [5, 5.41) is 2.93. The van der Waals surface area contributed by atoms with Gasteiger partial charge in [0, 0.05) is 37.1 Å². The highest BCUT2D eigenvalue weighted by atomic mass is 32.1. The van der Waals surface area contributed by atoms with Crippen LogP contribution >= 0.6 is 12.2 Å². The molecule has 1 aliphatic heterocycles. The molecule has 0 unspecified atom stereocenters. The maximum Gasteiger partial charge on any atom is 0.274 e. The molecular weight excluding hydrogens is 372 g/mol. The van der Waals surface area contributed by atoms with Gasteiger partial charge in [0.15, 0.2) is 4.77 Å². The van der Waals surface area contributed by atoms with E-state index in [1.165, 1.54) is 0 Å². The number of benzene rings is 2. The molecule has 2 aromatic carbocycles. The van der Waals surface area contributed by atoms with Gasteiger partial charge in [0.05, 0.1) is 0 Å². The van der Waals surface area contributed by atoms with Gasteiger partial charge in [-0.25, -0.2) is 0 Å². The van der Waals surface area contributed by atoms with E-state index in [-0.39, 0.29) is 11.8 Å². The van der Waals surface area contributed by atoms with Crippen molar-refractivity contribution in [2.75, 3.05) is 11.9 Å². The first-order chi connectivity index (χ1) is 13.6. The summed E-state index contributed by atoms with van der Waals surface area (Å²) in [5.74, 6) is -0.0748. The Morgan fingerprint density at radius 3 is 2.71 bits per heavy atom. The van der Waals surface area contributed by atoms with Gasteiger partial charge in [0.25, 0.3) is 5.91 Å². The van der Waals surface area contributed by atoms with Gasteiger partial charge in [0.1, 0.15) is 5.69 Å². The van der Waals surface area contributed by atoms with Crippen LogP contribution in [0.5, 0.6) is 0 Å². The van der Waals surface area contributed by atoms with Gasteiger partial charge >= 0.3 is 0 Å². The van der Waals surface area contributed by atoms with Crippen molar-refractivity contribution < 1.29 is 9.59 Å². The van der Waals surface area contributed by atoms with E-state index in [9.17, 15) is 9.59 Å². The number of amides is 2. The molecule has 1 aliphatic rings. The van der Waals surface area contributed by atoms with Gasteiger partial charge in [-0.05, 0) is 48.5 Å². The Bertz CT molecular complexity index is 1070. The molecule has 4 rings (SSSR count). The van der Waals surface area contributed by atoms with Crippen molar-refractivity contribution in [3.8, 4) is 5.69 Å². The Balaban J connectivity index is 1.54. The third kappa shape index (κ3) is 3.75. The summed E-state index contributed by atoms with van der Waals surface area (Å²) in [7, 11) is 0. The minimum atomic E-state index is -0.259. The fourth-order valence-electron chi connectivity index (χ4n) is 3.40. The van der Waals surface area contributed by atoms with Crippen LogP contribution in [0.1, 0.15) is 28.9 Å². The molecule has 0 radical (unpaired) electrons. The van der Waals surface area contributed by atoms with E-state index in [0.29, 0.717) is 29.1 Å². The zero-order chi connectivity index (χ0) is 19.5. The van der Waals surface area contributed by atoms with Crippen LogP contribution < -0.4 is 5.32 Å². The quantitative estimate of drug-likeness (QED) is 0.647. The lowest BCUT2D eigenvalue weighted by Crippen LogP contribution is -2.24. The lowest BCUT2D eigenvalue weighted by molar-refractivity contribution is -0.128. The van der Waals surface area contributed by atoms with Crippen molar-refractivity contribution in [3.05, 3.63) is 76.8 Å². The first-order valence-corrected chi connectivity index (χ1v) is 9.56. The van der Waals surface area contributed by atoms with Crippen LogP contribution in [0.3, 0.4) is 0 Å². The number of carbonyl (C=O) groups excluding carboxylic acids is 2. The number of aromatic amines is 1. The fourth-order valence-corrected chi connectivity index (χ4v) is 3.67. The molecule has 1 fully saturated rings. The first kappa shape index (κ1) is 18.2. The molecule has 2 heterocycles. The van der Waals surface area contributed by atoms with E-state index in [1.54, 1.807) is 10.8 Å². The number of rotatable bonds is 5. The van der Waals surface area contributed by atoms with Crippen molar-refractivity contribution in [3.63, 3.8) is 0 Å². The van der Waals surface area contributed by atoms with Crippen LogP contribution in [0.2, 0.25) is 0 Å². The van der Waals surface area contributed by atoms with Crippen molar-refractivity contribution in [2.45, 2.75) is 19.4 Å². The summed E-state index contributed by atoms with van der Waals surface area (Å²) in [6.45, 7) is 1.35. The largest absolute Gasteiger partial charge is 0.338 e. The number of anilines is 1. The first-order valence-electron chi connectivity index (χ1n) is 9.16. The molecule has 2 amide bonds. The second-order valence-electron chi connectivity index (χ2n) is 6.72. The van der Waals surface area contributed by atoms with Gasteiger partial charge in [-0.3, -0.25) is 14.2 Å². The fraction of sp³-hybridized carbons (Fsp3) is 0.190.